The topological polar surface area (TPSA) is 35.5 Å². The molecule has 3 heteroatoms. The summed E-state index contributed by atoms with van der Waals surface area (Å²) in [6.07, 6.45) is 5.92. The van der Waals surface area contributed by atoms with Crippen molar-refractivity contribution in [1.29, 1.82) is 0 Å². The van der Waals surface area contributed by atoms with E-state index in [1.807, 2.05) is 42.5 Å². The Labute approximate surface area is 113 Å². The first-order chi connectivity index (χ1) is 9.19. The maximum Gasteiger partial charge on any atom is 0.308 e. The fourth-order valence-electron chi connectivity index (χ4n) is 1.83. The Hall–Kier alpha value is -2.03. The van der Waals surface area contributed by atoms with Crippen LogP contribution in [-0.4, -0.2) is 13.1 Å². The number of esters is 1. The molecule has 1 aliphatic rings. The first-order valence-corrected chi connectivity index (χ1v) is 6.40. The molecular formula is C16H18O3. The molecule has 0 spiro atoms. The number of carbonyl (C=O) groups is 1. The fraction of sp³-hybridized carbons (Fsp3) is 0.312. The molecule has 0 atom stereocenters. The predicted molar refractivity (Wildman–Crippen MR) is 74.0 cm³/mol. The molecule has 100 valence electrons. The van der Waals surface area contributed by atoms with Crippen molar-refractivity contribution in [2.45, 2.75) is 19.8 Å². The first kappa shape index (κ1) is 13.4. The normalized spacial score (nSPS) is 16.1. The number of rotatable bonds is 5. The average Bonchev–Trinajstić information content (AvgIpc) is 3.20. The lowest BCUT2D eigenvalue weighted by atomic mass is 10.2. The van der Waals surface area contributed by atoms with Gasteiger partial charge in [-0.05, 0) is 24.5 Å². The van der Waals surface area contributed by atoms with Crippen LogP contribution in [0.2, 0.25) is 0 Å². The van der Waals surface area contributed by atoms with Crippen LogP contribution in [0.1, 0.15) is 25.3 Å². The van der Waals surface area contributed by atoms with Gasteiger partial charge in [0.1, 0.15) is 11.5 Å². The number of hydrogen-bond donors (Lipinski definition) is 0. The van der Waals surface area contributed by atoms with Crippen molar-refractivity contribution in [3.63, 3.8) is 0 Å². The third kappa shape index (κ3) is 4.28. The van der Waals surface area contributed by atoms with E-state index in [1.54, 1.807) is 7.11 Å². The molecule has 0 radical (unpaired) electrons. The number of methoxy groups -OCH3 is 1. The smallest absolute Gasteiger partial charge is 0.308 e. The highest BCUT2D eigenvalue weighted by Crippen LogP contribution is 2.37. The van der Waals surface area contributed by atoms with Crippen molar-refractivity contribution in [1.82, 2.24) is 0 Å². The van der Waals surface area contributed by atoms with Crippen molar-refractivity contribution >= 4 is 12.0 Å². The van der Waals surface area contributed by atoms with Crippen LogP contribution in [0.4, 0.5) is 0 Å². The van der Waals surface area contributed by atoms with Gasteiger partial charge in [-0.3, -0.25) is 4.79 Å². The second kappa shape index (κ2) is 6.23. The van der Waals surface area contributed by atoms with Crippen molar-refractivity contribution < 1.29 is 14.3 Å². The van der Waals surface area contributed by atoms with Gasteiger partial charge in [-0.1, -0.05) is 30.3 Å². The Bertz CT molecular complexity index is 496. The molecule has 3 nitrogen and oxygen atoms in total. The molecule has 1 aromatic rings. The van der Waals surface area contributed by atoms with Gasteiger partial charge in [0.05, 0.1) is 7.11 Å². The monoisotopic (exact) mass is 258 g/mol. The predicted octanol–water partition coefficient (Wildman–Crippen LogP) is 3.53. The zero-order valence-corrected chi connectivity index (χ0v) is 11.3. The van der Waals surface area contributed by atoms with E-state index in [1.165, 1.54) is 6.92 Å². The number of allylic oxidation sites excluding steroid dienone is 2. The Morgan fingerprint density at radius 1 is 1.26 bits per heavy atom. The molecule has 1 aromatic carbocycles. The van der Waals surface area contributed by atoms with Crippen LogP contribution in [0.15, 0.2) is 47.9 Å². The van der Waals surface area contributed by atoms with Gasteiger partial charge in [0, 0.05) is 18.9 Å². The van der Waals surface area contributed by atoms with E-state index in [0.29, 0.717) is 11.7 Å². The molecule has 0 aliphatic heterocycles. The minimum Gasteiger partial charge on any atom is -0.501 e. The summed E-state index contributed by atoms with van der Waals surface area (Å²) in [5, 5.41) is 0. The summed E-state index contributed by atoms with van der Waals surface area (Å²) in [7, 11) is 1.65. The number of carbonyl (C=O) groups excluding carboxylic acids is 1. The first-order valence-electron chi connectivity index (χ1n) is 6.40. The Kier molecular flexibility index (Phi) is 4.39. The molecule has 0 saturated heterocycles. The minimum absolute atomic E-state index is 0.329. The molecule has 0 amide bonds. The van der Waals surface area contributed by atoms with E-state index in [9.17, 15) is 4.79 Å². The van der Waals surface area contributed by atoms with Crippen molar-refractivity contribution in [3.8, 4) is 0 Å². The van der Waals surface area contributed by atoms with Gasteiger partial charge in [0.2, 0.25) is 0 Å². The van der Waals surface area contributed by atoms with E-state index in [0.717, 1.165) is 24.2 Å². The van der Waals surface area contributed by atoms with Crippen LogP contribution in [-0.2, 0) is 14.3 Å². The summed E-state index contributed by atoms with van der Waals surface area (Å²) >= 11 is 0. The third-order valence-corrected chi connectivity index (χ3v) is 2.87. The van der Waals surface area contributed by atoms with Crippen LogP contribution in [0, 0.1) is 5.92 Å². The summed E-state index contributed by atoms with van der Waals surface area (Å²) in [5.74, 6) is 1.54. The van der Waals surface area contributed by atoms with Crippen LogP contribution in [0.3, 0.4) is 0 Å². The highest BCUT2D eigenvalue weighted by molar-refractivity contribution is 5.69. The highest BCUT2D eigenvalue weighted by Gasteiger charge is 2.27. The van der Waals surface area contributed by atoms with E-state index < -0.39 is 0 Å². The SMILES string of the molecule is CO/C(=C/C(=C\c1ccccc1)OC(C)=O)C1CC1. The fourth-order valence-corrected chi connectivity index (χ4v) is 1.83. The molecule has 0 N–H and O–H groups in total. The molecule has 0 aromatic heterocycles. The maximum atomic E-state index is 11.2. The van der Waals surface area contributed by atoms with Crippen molar-refractivity contribution in [3.05, 3.63) is 53.5 Å². The standard InChI is InChI=1S/C16H18O3/c1-12(17)19-15(10-13-6-4-3-5-7-13)11-16(18-2)14-8-9-14/h3-7,10-11,14H,8-9H2,1-2H3/b15-10+,16-11+. The summed E-state index contributed by atoms with van der Waals surface area (Å²) < 4.78 is 10.6. The highest BCUT2D eigenvalue weighted by atomic mass is 16.5. The minimum atomic E-state index is -0.329. The van der Waals surface area contributed by atoms with E-state index >= 15 is 0 Å². The lowest BCUT2D eigenvalue weighted by molar-refractivity contribution is -0.136. The van der Waals surface area contributed by atoms with E-state index in [-0.39, 0.29) is 5.97 Å². The summed E-state index contributed by atoms with van der Waals surface area (Å²) in [4.78, 5) is 11.2. The van der Waals surface area contributed by atoms with Gasteiger partial charge in [-0.2, -0.15) is 0 Å². The Morgan fingerprint density at radius 2 is 1.95 bits per heavy atom. The maximum absolute atomic E-state index is 11.2. The molecule has 0 bridgehead atoms. The summed E-state index contributed by atoms with van der Waals surface area (Å²) in [6, 6.07) is 9.75. The number of benzene rings is 1. The number of ether oxygens (including phenoxy) is 2. The molecule has 1 fully saturated rings. The van der Waals surface area contributed by atoms with E-state index in [2.05, 4.69) is 0 Å². The third-order valence-electron chi connectivity index (χ3n) is 2.87. The Balaban J connectivity index is 2.24. The van der Waals surface area contributed by atoms with Crippen molar-refractivity contribution in [2.75, 3.05) is 7.11 Å². The van der Waals surface area contributed by atoms with Crippen molar-refractivity contribution in [2.24, 2.45) is 5.92 Å². The summed E-state index contributed by atoms with van der Waals surface area (Å²) in [5.41, 5.74) is 0.987. The van der Waals surface area contributed by atoms with Crippen LogP contribution in [0.25, 0.3) is 6.08 Å². The van der Waals surface area contributed by atoms with Gasteiger partial charge >= 0.3 is 5.97 Å². The van der Waals surface area contributed by atoms with Crippen LogP contribution >= 0.6 is 0 Å². The number of hydrogen-bond acceptors (Lipinski definition) is 3. The zero-order chi connectivity index (χ0) is 13.7. The molecule has 1 saturated carbocycles. The largest absolute Gasteiger partial charge is 0.501 e. The van der Waals surface area contributed by atoms with E-state index in [4.69, 9.17) is 9.47 Å². The van der Waals surface area contributed by atoms with Crippen LogP contribution in [0.5, 0.6) is 0 Å². The average molecular weight is 258 g/mol. The van der Waals surface area contributed by atoms with Gasteiger partial charge in [0.15, 0.2) is 0 Å². The quantitative estimate of drug-likeness (QED) is 0.460. The molecule has 1 aliphatic carbocycles. The molecule has 0 heterocycles. The second-order valence-electron chi connectivity index (χ2n) is 4.58. The molecule has 2 rings (SSSR count). The lowest BCUT2D eigenvalue weighted by Crippen LogP contribution is -1.99. The van der Waals surface area contributed by atoms with Gasteiger partial charge < -0.3 is 9.47 Å². The molecule has 0 unspecified atom stereocenters. The second-order valence-corrected chi connectivity index (χ2v) is 4.58. The lowest BCUT2D eigenvalue weighted by Gasteiger charge is -2.07. The summed E-state index contributed by atoms with van der Waals surface area (Å²) in [6.45, 7) is 1.40. The zero-order valence-electron chi connectivity index (χ0n) is 11.3. The Morgan fingerprint density at radius 3 is 2.47 bits per heavy atom. The molecular weight excluding hydrogens is 240 g/mol. The van der Waals surface area contributed by atoms with Gasteiger partial charge in [-0.25, -0.2) is 0 Å². The molecule has 19 heavy (non-hydrogen) atoms. The van der Waals surface area contributed by atoms with Gasteiger partial charge in [0.25, 0.3) is 0 Å². The van der Waals surface area contributed by atoms with Crippen LogP contribution < -0.4 is 0 Å². The van der Waals surface area contributed by atoms with Gasteiger partial charge in [-0.15, -0.1) is 0 Å².